The second-order valence-electron chi connectivity index (χ2n) is 15.8. The van der Waals surface area contributed by atoms with Crippen LogP contribution in [0, 0.1) is 0 Å². The van der Waals surface area contributed by atoms with E-state index in [1.165, 1.54) is 44.5 Å². The molecule has 0 radical (unpaired) electrons. The highest BCUT2D eigenvalue weighted by atomic mass is 15.0. The lowest BCUT2D eigenvalue weighted by Crippen LogP contribution is -2.25. The van der Waals surface area contributed by atoms with Gasteiger partial charge < -0.3 is 0 Å². The second kappa shape index (κ2) is 14.0. The van der Waals surface area contributed by atoms with Crippen LogP contribution in [0.2, 0.25) is 0 Å². The third kappa shape index (κ3) is 5.61. The van der Waals surface area contributed by atoms with E-state index in [-0.39, 0.29) is 0 Å². The van der Waals surface area contributed by atoms with Gasteiger partial charge in [-0.25, -0.2) is 15.0 Å². The van der Waals surface area contributed by atoms with Crippen LogP contribution >= 0.6 is 0 Å². The minimum absolute atomic E-state index is 0.444. The van der Waals surface area contributed by atoms with Gasteiger partial charge >= 0.3 is 0 Å². The Balaban J connectivity index is 1.08. The molecule has 8 aromatic carbocycles. The number of benzene rings is 8. The summed E-state index contributed by atoms with van der Waals surface area (Å²) >= 11 is 0. The number of hydrogen-bond donors (Lipinski definition) is 0. The second-order valence-corrected chi connectivity index (χ2v) is 15.8. The number of nitrogens with zero attached hydrogens (tertiary/aromatic N) is 4. The first-order valence-corrected chi connectivity index (χ1v) is 20.7. The molecule has 12 rings (SSSR count). The van der Waals surface area contributed by atoms with E-state index >= 15 is 0 Å². The molecular formula is C57H36N4. The Morgan fingerprint density at radius 2 is 0.689 bits per heavy atom. The van der Waals surface area contributed by atoms with E-state index in [0.717, 1.165) is 50.2 Å². The molecule has 61 heavy (non-hydrogen) atoms. The number of hydrogen-bond acceptors (Lipinski definition) is 4. The Kier molecular flexibility index (Phi) is 8.04. The molecule has 0 unspecified atom stereocenters. The van der Waals surface area contributed by atoms with Crippen molar-refractivity contribution in [3.05, 3.63) is 241 Å². The zero-order chi connectivity index (χ0) is 40.3. The molecule has 0 amide bonds. The summed E-state index contributed by atoms with van der Waals surface area (Å²) in [5, 5.41) is 0. The molecule has 4 heteroatoms. The molecule has 2 aromatic heterocycles. The third-order valence-electron chi connectivity index (χ3n) is 12.4. The van der Waals surface area contributed by atoms with Crippen molar-refractivity contribution in [2.45, 2.75) is 5.41 Å². The minimum atomic E-state index is -0.444. The van der Waals surface area contributed by atoms with Crippen LogP contribution in [-0.2, 0) is 5.41 Å². The summed E-state index contributed by atoms with van der Waals surface area (Å²) in [4.78, 5) is 20.0. The van der Waals surface area contributed by atoms with Gasteiger partial charge in [0.15, 0.2) is 17.5 Å². The highest BCUT2D eigenvalue weighted by Gasteiger charge is 2.51. The van der Waals surface area contributed by atoms with Crippen molar-refractivity contribution in [2.75, 3.05) is 0 Å². The zero-order valence-corrected chi connectivity index (χ0v) is 33.1. The van der Waals surface area contributed by atoms with Crippen LogP contribution in [0.1, 0.15) is 22.3 Å². The zero-order valence-electron chi connectivity index (χ0n) is 33.1. The summed E-state index contributed by atoms with van der Waals surface area (Å²) in [6.45, 7) is 0. The van der Waals surface area contributed by atoms with Gasteiger partial charge in [-0.2, -0.15) is 0 Å². The Morgan fingerprint density at radius 1 is 0.262 bits per heavy atom. The third-order valence-corrected chi connectivity index (χ3v) is 12.4. The molecule has 10 aromatic rings. The molecule has 4 nitrogen and oxygen atoms in total. The van der Waals surface area contributed by atoms with Crippen molar-refractivity contribution in [2.24, 2.45) is 0 Å². The number of rotatable bonds is 6. The van der Waals surface area contributed by atoms with Crippen LogP contribution in [0.4, 0.5) is 0 Å². The summed E-state index contributed by atoms with van der Waals surface area (Å²) in [5.41, 5.74) is 19.1. The molecule has 0 N–H and O–H groups in total. The van der Waals surface area contributed by atoms with E-state index in [1.54, 1.807) is 0 Å². The number of fused-ring (bicyclic) bond motifs is 10. The quantitative estimate of drug-likeness (QED) is 0.169. The average molecular weight is 777 g/mol. The fraction of sp³-hybridized carbons (Fsp3) is 0.0175. The van der Waals surface area contributed by atoms with E-state index in [1.807, 2.05) is 60.8 Å². The lowest BCUT2D eigenvalue weighted by Gasteiger charge is -2.30. The SMILES string of the molecule is c1ccc(-c2nc(-c3ccccc3)nc(-c3cc(-c4ccc(-c5ccccn5)cc4)cc(-c4ccc5c(c4)C4(c6ccccc6-c6ccccc64)c4ccccc4-5)c3)n2)cc1. The maximum Gasteiger partial charge on any atom is 0.164 e. The van der Waals surface area contributed by atoms with Crippen LogP contribution in [0.15, 0.2) is 219 Å². The van der Waals surface area contributed by atoms with Crippen molar-refractivity contribution >= 4 is 0 Å². The van der Waals surface area contributed by atoms with Crippen molar-refractivity contribution < 1.29 is 0 Å². The van der Waals surface area contributed by atoms with E-state index in [0.29, 0.717) is 17.5 Å². The van der Waals surface area contributed by atoms with Gasteiger partial charge in [0.25, 0.3) is 0 Å². The van der Waals surface area contributed by atoms with Crippen molar-refractivity contribution in [1.82, 2.24) is 19.9 Å². The van der Waals surface area contributed by atoms with Gasteiger partial charge in [-0.15, -0.1) is 0 Å². The molecule has 2 heterocycles. The first-order valence-electron chi connectivity index (χ1n) is 20.7. The largest absolute Gasteiger partial charge is 0.256 e. The monoisotopic (exact) mass is 776 g/mol. The predicted octanol–water partition coefficient (Wildman–Crippen LogP) is 13.6. The Hall–Kier alpha value is -8.08. The van der Waals surface area contributed by atoms with Crippen molar-refractivity contribution in [1.29, 1.82) is 0 Å². The smallest absolute Gasteiger partial charge is 0.164 e. The average Bonchev–Trinajstić information content (AvgIpc) is 3.82. The molecule has 2 aliphatic rings. The summed E-state index contributed by atoms with van der Waals surface area (Å²) in [5.74, 6) is 1.88. The van der Waals surface area contributed by atoms with Gasteiger partial charge in [-0.3, -0.25) is 4.98 Å². The van der Waals surface area contributed by atoms with Crippen molar-refractivity contribution in [3.63, 3.8) is 0 Å². The van der Waals surface area contributed by atoms with E-state index in [9.17, 15) is 0 Å². The minimum Gasteiger partial charge on any atom is -0.256 e. The van der Waals surface area contributed by atoms with E-state index in [4.69, 9.17) is 15.0 Å². The summed E-state index contributed by atoms with van der Waals surface area (Å²) < 4.78 is 0. The summed E-state index contributed by atoms with van der Waals surface area (Å²) in [7, 11) is 0. The van der Waals surface area contributed by atoms with E-state index < -0.39 is 5.41 Å². The van der Waals surface area contributed by atoms with Gasteiger partial charge in [0.1, 0.15) is 0 Å². The molecule has 2 aliphatic carbocycles. The first kappa shape index (κ1) is 34.9. The van der Waals surface area contributed by atoms with Crippen LogP contribution in [0.5, 0.6) is 0 Å². The van der Waals surface area contributed by atoms with E-state index in [2.05, 4.69) is 163 Å². The Bertz CT molecular complexity index is 3170. The standard InChI is InChI=1S/C57H36N4/c1-3-15-39(16-4-1)54-59-55(40-17-5-2-6-18-40)61-56(60-54)44-34-42(37-26-28-38(29-27-37)53-25-13-14-32-58-53)33-43(35-44)41-30-31-48-47-21-9-12-24-51(47)57(52(48)36-41)49-22-10-7-19-45(49)46-20-8-11-23-50(46)57/h1-36H. The Labute approximate surface area is 354 Å². The highest BCUT2D eigenvalue weighted by Crippen LogP contribution is 2.63. The van der Waals surface area contributed by atoms with Crippen LogP contribution < -0.4 is 0 Å². The van der Waals surface area contributed by atoms with Gasteiger partial charge in [0.2, 0.25) is 0 Å². The molecule has 0 saturated carbocycles. The van der Waals surface area contributed by atoms with Crippen LogP contribution in [0.25, 0.3) is 89.9 Å². The number of pyridine rings is 1. The fourth-order valence-electron chi connectivity index (χ4n) is 9.67. The molecular weight excluding hydrogens is 741 g/mol. The van der Waals surface area contributed by atoms with Gasteiger partial charge in [0.05, 0.1) is 11.1 Å². The normalized spacial score (nSPS) is 12.7. The first-order chi connectivity index (χ1) is 30.2. The highest BCUT2D eigenvalue weighted by molar-refractivity contribution is 5.96. The maximum atomic E-state index is 5.19. The lowest BCUT2D eigenvalue weighted by molar-refractivity contribution is 0.794. The van der Waals surface area contributed by atoms with Gasteiger partial charge in [-0.05, 0) is 103 Å². The van der Waals surface area contributed by atoms with Crippen LogP contribution in [0.3, 0.4) is 0 Å². The van der Waals surface area contributed by atoms with Crippen LogP contribution in [-0.4, -0.2) is 19.9 Å². The molecule has 0 aliphatic heterocycles. The molecule has 0 bridgehead atoms. The topological polar surface area (TPSA) is 51.6 Å². The fourth-order valence-corrected chi connectivity index (χ4v) is 9.67. The maximum absolute atomic E-state index is 5.19. The van der Waals surface area contributed by atoms with Crippen molar-refractivity contribution in [3.8, 4) is 89.9 Å². The predicted molar refractivity (Wildman–Crippen MR) is 247 cm³/mol. The van der Waals surface area contributed by atoms with Gasteiger partial charge in [-0.1, -0.05) is 176 Å². The van der Waals surface area contributed by atoms with Gasteiger partial charge in [0, 0.05) is 28.5 Å². The number of aromatic nitrogens is 4. The molecule has 0 saturated heterocycles. The summed E-state index contributed by atoms with van der Waals surface area (Å²) in [6, 6.07) is 75.7. The summed E-state index contributed by atoms with van der Waals surface area (Å²) in [6.07, 6.45) is 1.84. The molecule has 0 atom stereocenters. The Morgan fingerprint density at radius 3 is 1.23 bits per heavy atom. The molecule has 0 fully saturated rings. The molecule has 284 valence electrons. The lowest BCUT2D eigenvalue weighted by atomic mass is 9.70. The molecule has 1 spiro atoms.